The van der Waals surface area contributed by atoms with E-state index in [1.807, 2.05) is 42.5 Å². The number of carbonyl (C=O) groups is 1. The van der Waals surface area contributed by atoms with Gasteiger partial charge in [-0.2, -0.15) is 0 Å². The third kappa shape index (κ3) is 5.12. The Balaban J connectivity index is 1.51. The van der Waals surface area contributed by atoms with Crippen LogP contribution in [0.5, 0.6) is 0 Å². The van der Waals surface area contributed by atoms with E-state index < -0.39 is 23.5 Å². The van der Waals surface area contributed by atoms with Gasteiger partial charge in [0.15, 0.2) is 0 Å². The largest absolute Gasteiger partial charge is 0.481 e. The molecule has 1 aliphatic rings. The predicted octanol–water partition coefficient (Wildman–Crippen LogP) is 4.33. The Morgan fingerprint density at radius 1 is 1.18 bits per heavy atom. The van der Waals surface area contributed by atoms with Gasteiger partial charge in [0, 0.05) is 24.4 Å². The molecule has 0 radical (unpaired) electrons. The molecular formula is C25H26F2N4O2. The highest BCUT2D eigenvalue weighted by Crippen LogP contribution is 2.29. The highest BCUT2D eigenvalue weighted by Gasteiger charge is 2.27. The number of carboxylic acid groups (broad SMARTS) is 1. The van der Waals surface area contributed by atoms with Crippen molar-refractivity contribution in [3.05, 3.63) is 89.1 Å². The number of aliphatic carboxylic acids is 1. The molecule has 0 saturated carbocycles. The Morgan fingerprint density at radius 3 is 2.73 bits per heavy atom. The van der Waals surface area contributed by atoms with E-state index in [2.05, 4.69) is 20.9 Å². The van der Waals surface area contributed by atoms with E-state index in [0.29, 0.717) is 13.1 Å². The van der Waals surface area contributed by atoms with Gasteiger partial charge in [-0.1, -0.05) is 30.3 Å². The van der Waals surface area contributed by atoms with Crippen LogP contribution in [0.3, 0.4) is 0 Å². The van der Waals surface area contributed by atoms with Gasteiger partial charge in [0.1, 0.15) is 17.5 Å². The lowest BCUT2D eigenvalue weighted by Gasteiger charge is -2.34. The molecule has 2 heterocycles. The molecule has 33 heavy (non-hydrogen) atoms. The van der Waals surface area contributed by atoms with Crippen molar-refractivity contribution < 1.29 is 18.7 Å². The summed E-state index contributed by atoms with van der Waals surface area (Å²) in [6, 6.07) is 15.7. The van der Waals surface area contributed by atoms with Gasteiger partial charge in [-0.3, -0.25) is 4.79 Å². The van der Waals surface area contributed by atoms with Gasteiger partial charge in [-0.25, -0.2) is 13.8 Å². The summed E-state index contributed by atoms with van der Waals surface area (Å²) < 4.78 is 28.6. The van der Waals surface area contributed by atoms with Gasteiger partial charge in [0.25, 0.3) is 0 Å². The van der Waals surface area contributed by atoms with Crippen LogP contribution in [0.1, 0.15) is 35.6 Å². The number of anilines is 2. The Hall–Kier alpha value is -3.52. The fraction of sp³-hybridized carbons (Fsp3) is 0.280. The van der Waals surface area contributed by atoms with Crippen LogP contribution < -0.4 is 16.0 Å². The molecular weight excluding hydrogens is 426 g/mol. The van der Waals surface area contributed by atoms with E-state index in [-0.39, 0.29) is 29.6 Å². The zero-order valence-electron chi connectivity index (χ0n) is 18.2. The number of nitrogens with one attached hydrogen (secondary N) is 3. The third-order valence-electron chi connectivity index (χ3n) is 5.96. The molecule has 6 nitrogen and oxygen atoms in total. The Bertz CT molecular complexity index is 1130. The number of rotatable bonds is 8. The van der Waals surface area contributed by atoms with Crippen LogP contribution in [0.25, 0.3) is 0 Å². The van der Waals surface area contributed by atoms with Gasteiger partial charge < -0.3 is 21.1 Å². The minimum absolute atomic E-state index is 0.0145. The van der Waals surface area contributed by atoms with Crippen molar-refractivity contribution in [2.75, 3.05) is 23.7 Å². The standard InChI is InChI=1S/C25H26F2N4O2/c1-15(25(32)33)18-12-17(19(26)13-20(18)27)9-11-28-23(16-6-3-2-4-7-16)22-14-30-21-8-5-10-29-24(21)31-22/h2-8,10,12-13,15,22-23,28,30H,9,11,14H2,1H3,(H,29,31)(H,32,33)/t15-,22+,23+/m0/s1. The quantitative estimate of drug-likeness (QED) is 0.407. The van der Waals surface area contributed by atoms with Crippen LogP contribution in [0.15, 0.2) is 60.8 Å². The Kier molecular flexibility index (Phi) is 6.84. The average Bonchev–Trinajstić information content (AvgIpc) is 2.83. The van der Waals surface area contributed by atoms with Gasteiger partial charge in [-0.15, -0.1) is 0 Å². The summed E-state index contributed by atoms with van der Waals surface area (Å²) in [5.74, 6) is -2.96. The molecule has 3 atom stereocenters. The van der Waals surface area contributed by atoms with Crippen molar-refractivity contribution in [3.63, 3.8) is 0 Å². The van der Waals surface area contributed by atoms with Crippen molar-refractivity contribution >= 4 is 17.5 Å². The van der Waals surface area contributed by atoms with Gasteiger partial charge >= 0.3 is 5.97 Å². The minimum atomic E-state index is -1.15. The number of nitrogens with zero attached hydrogens (tertiary/aromatic N) is 1. The molecule has 4 rings (SSSR count). The summed E-state index contributed by atoms with van der Waals surface area (Å²) in [4.78, 5) is 15.7. The first kappa shape index (κ1) is 22.7. The maximum absolute atomic E-state index is 14.4. The minimum Gasteiger partial charge on any atom is -0.481 e. The molecule has 1 aliphatic heterocycles. The fourth-order valence-corrected chi connectivity index (χ4v) is 4.10. The van der Waals surface area contributed by atoms with Crippen LogP contribution in [-0.2, 0) is 11.2 Å². The molecule has 3 aromatic rings. The van der Waals surface area contributed by atoms with Crippen molar-refractivity contribution in [1.82, 2.24) is 10.3 Å². The van der Waals surface area contributed by atoms with Gasteiger partial charge in [0.2, 0.25) is 0 Å². The van der Waals surface area contributed by atoms with Crippen LogP contribution in [0, 0.1) is 11.6 Å². The summed E-state index contributed by atoms with van der Waals surface area (Å²) in [6.45, 7) is 2.46. The van der Waals surface area contributed by atoms with E-state index in [1.54, 1.807) is 6.20 Å². The average molecular weight is 453 g/mol. The van der Waals surface area contributed by atoms with Crippen molar-refractivity contribution in [1.29, 1.82) is 0 Å². The monoisotopic (exact) mass is 452 g/mol. The summed E-state index contributed by atoms with van der Waals surface area (Å²) in [5, 5.41) is 19.6. The maximum atomic E-state index is 14.4. The first-order chi connectivity index (χ1) is 15.9. The molecule has 1 aromatic heterocycles. The second-order valence-electron chi connectivity index (χ2n) is 8.15. The van der Waals surface area contributed by atoms with Crippen LogP contribution >= 0.6 is 0 Å². The lowest BCUT2D eigenvalue weighted by molar-refractivity contribution is -0.138. The lowest BCUT2D eigenvalue weighted by Crippen LogP contribution is -2.44. The first-order valence-electron chi connectivity index (χ1n) is 10.9. The lowest BCUT2D eigenvalue weighted by atomic mass is 9.96. The van der Waals surface area contributed by atoms with Crippen LogP contribution in [-0.4, -0.2) is 35.2 Å². The fourth-order valence-electron chi connectivity index (χ4n) is 4.10. The number of halogens is 2. The number of aromatic nitrogens is 1. The molecule has 0 saturated heterocycles. The van der Waals surface area contributed by atoms with Crippen LogP contribution in [0.4, 0.5) is 20.3 Å². The molecule has 0 spiro atoms. The number of fused-ring (bicyclic) bond motifs is 1. The number of hydrogen-bond acceptors (Lipinski definition) is 5. The SMILES string of the molecule is C[C@H](C(=O)O)c1cc(CCN[C@H](c2ccccc2)[C@H]2CNc3cccnc3N2)c(F)cc1F. The number of hydrogen-bond donors (Lipinski definition) is 4. The Morgan fingerprint density at radius 2 is 1.97 bits per heavy atom. The highest BCUT2D eigenvalue weighted by molar-refractivity contribution is 5.75. The van der Waals surface area contributed by atoms with E-state index >= 15 is 0 Å². The second kappa shape index (κ2) is 9.95. The molecule has 2 aromatic carbocycles. The Labute approximate surface area is 191 Å². The molecule has 0 bridgehead atoms. The zero-order valence-corrected chi connectivity index (χ0v) is 18.2. The smallest absolute Gasteiger partial charge is 0.310 e. The van der Waals surface area contributed by atoms with Crippen molar-refractivity contribution in [2.24, 2.45) is 0 Å². The van der Waals surface area contributed by atoms with E-state index in [4.69, 9.17) is 0 Å². The topological polar surface area (TPSA) is 86.3 Å². The van der Waals surface area contributed by atoms with Crippen molar-refractivity contribution in [3.8, 4) is 0 Å². The summed E-state index contributed by atoms with van der Waals surface area (Å²) in [6.07, 6.45) is 2.01. The normalized spacial score (nSPS) is 16.8. The molecule has 172 valence electrons. The summed E-state index contributed by atoms with van der Waals surface area (Å²) in [7, 11) is 0. The maximum Gasteiger partial charge on any atom is 0.310 e. The zero-order chi connectivity index (χ0) is 23.4. The summed E-state index contributed by atoms with van der Waals surface area (Å²) in [5.41, 5.74) is 2.27. The van der Waals surface area contributed by atoms with Crippen LogP contribution in [0.2, 0.25) is 0 Å². The molecule has 0 aliphatic carbocycles. The molecule has 0 amide bonds. The van der Waals surface area contributed by atoms with Crippen molar-refractivity contribution in [2.45, 2.75) is 31.3 Å². The van der Waals surface area contributed by atoms with Gasteiger partial charge in [0.05, 0.1) is 23.7 Å². The van der Waals surface area contributed by atoms with E-state index in [0.717, 1.165) is 23.1 Å². The predicted molar refractivity (Wildman–Crippen MR) is 123 cm³/mol. The molecule has 8 heteroatoms. The third-order valence-corrected chi connectivity index (χ3v) is 5.96. The molecule has 0 unspecified atom stereocenters. The number of pyridine rings is 1. The second-order valence-corrected chi connectivity index (χ2v) is 8.15. The molecule has 4 N–H and O–H groups in total. The first-order valence-corrected chi connectivity index (χ1v) is 10.9. The van der Waals surface area contributed by atoms with Gasteiger partial charge in [-0.05, 0) is 49.2 Å². The number of benzene rings is 2. The molecule has 0 fully saturated rings. The highest BCUT2D eigenvalue weighted by atomic mass is 19.1. The van der Waals surface area contributed by atoms with E-state index in [9.17, 15) is 18.7 Å². The summed E-state index contributed by atoms with van der Waals surface area (Å²) >= 11 is 0. The van der Waals surface area contributed by atoms with E-state index in [1.165, 1.54) is 13.0 Å². The number of carboxylic acids is 1.